The lowest BCUT2D eigenvalue weighted by atomic mass is 10.0. The standard InChI is InChI=1S/C57H109NO5/c1-3-5-7-9-11-13-15-17-19-20-21-22-27-31-35-39-43-47-51-57(62)63-52-48-44-40-36-32-28-24-23-26-30-34-38-42-46-50-56(61)58-54(53-59)55(60)49-45-41-37-33-29-25-18-16-14-12-10-8-6-4-2/h19-20,45,49,54-55,59-60H,3-18,21-44,46-48,50-53H2,1-2H3,(H,58,61)/b20-19-,49-45+. The van der Waals surface area contributed by atoms with Crippen LogP contribution in [0, 0.1) is 0 Å². The molecule has 0 aliphatic heterocycles. The van der Waals surface area contributed by atoms with E-state index in [-0.39, 0.29) is 18.5 Å². The minimum absolute atomic E-state index is 0.00628. The van der Waals surface area contributed by atoms with Crippen molar-refractivity contribution in [3.05, 3.63) is 24.3 Å². The van der Waals surface area contributed by atoms with Crippen LogP contribution in [-0.4, -0.2) is 47.4 Å². The normalized spacial score (nSPS) is 12.8. The van der Waals surface area contributed by atoms with Gasteiger partial charge in [-0.2, -0.15) is 0 Å². The topological polar surface area (TPSA) is 95.9 Å². The molecule has 2 unspecified atom stereocenters. The van der Waals surface area contributed by atoms with Crippen LogP contribution in [0.15, 0.2) is 24.3 Å². The quantitative estimate of drug-likeness (QED) is 0.0321. The van der Waals surface area contributed by atoms with E-state index in [1.54, 1.807) is 6.08 Å². The summed E-state index contributed by atoms with van der Waals surface area (Å²) in [4.78, 5) is 24.5. The summed E-state index contributed by atoms with van der Waals surface area (Å²) in [5.74, 6) is -0.0842. The highest BCUT2D eigenvalue weighted by molar-refractivity contribution is 5.76. The lowest BCUT2D eigenvalue weighted by Gasteiger charge is -2.20. The molecule has 0 aromatic carbocycles. The summed E-state index contributed by atoms with van der Waals surface area (Å²) in [6.07, 6.45) is 63.3. The van der Waals surface area contributed by atoms with E-state index in [0.29, 0.717) is 19.4 Å². The third-order valence-electron chi connectivity index (χ3n) is 13.0. The summed E-state index contributed by atoms with van der Waals surface area (Å²) < 4.78 is 5.48. The van der Waals surface area contributed by atoms with E-state index in [1.165, 1.54) is 218 Å². The first-order valence-electron chi connectivity index (χ1n) is 28.1. The van der Waals surface area contributed by atoms with E-state index >= 15 is 0 Å². The Labute approximate surface area is 392 Å². The Morgan fingerprint density at radius 3 is 1.13 bits per heavy atom. The number of carbonyl (C=O) groups is 2. The first-order valence-corrected chi connectivity index (χ1v) is 28.1. The lowest BCUT2D eigenvalue weighted by Crippen LogP contribution is -2.45. The smallest absolute Gasteiger partial charge is 0.305 e. The number of unbranched alkanes of at least 4 members (excludes halogenated alkanes) is 39. The van der Waals surface area contributed by atoms with Crippen LogP contribution in [0.5, 0.6) is 0 Å². The van der Waals surface area contributed by atoms with Gasteiger partial charge in [-0.25, -0.2) is 0 Å². The average molecular weight is 889 g/mol. The molecule has 0 spiro atoms. The van der Waals surface area contributed by atoms with E-state index in [9.17, 15) is 19.8 Å². The molecular weight excluding hydrogens is 779 g/mol. The van der Waals surface area contributed by atoms with Crippen LogP contribution in [-0.2, 0) is 14.3 Å². The molecule has 63 heavy (non-hydrogen) atoms. The van der Waals surface area contributed by atoms with Gasteiger partial charge in [-0.05, 0) is 57.8 Å². The van der Waals surface area contributed by atoms with Crippen molar-refractivity contribution in [2.75, 3.05) is 13.2 Å². The van der Waals surface area contributed by atoms with Gasteiger partial charge in [0.05, 0.1) is 25.4 Å². The third-order valence-corrected chi connectivity index (χ3v) is 13.0. The number of hydrogen-bond acceptors (Lipinski definition) is 5. The summed E-state index contributed by atoms with van der Waals surface area (Å²) in [6, 6.07) is -0.635. The number of ether oxygens (including phenoxy) is 1. The van der Waals surface area contributed by atoms with Gasteiger partial charge in [0.1, 0.15) is 0 Å². The van der Waals surface area contributed by atoms with Gasteiger partial charge < -0.3 is 20.3 Å². The fourth-order valence-electron chi connectivity index (χ4n) is 8.63. The number of nitrogens with one attached hydrogen (secondary N) is 1. The number of aliphatic hydroxyl groups excluding tert-OH is 2. The second-order valence-corrected chi connectivity index (χ2v) is 19.3. The molecule has 0 bridgehead atoms. The molecule has 0 heterocycles. The van der Waals surface area contributed by atoms with Crippen molar-refractivity contribution >= 4 is 11.9 Å². The van der Waals surface area contributed by atoms with E-state index in [0.717, 1.165) is 57.8 Å². The van der Waals surface area contributed by atoms with Crippen molar-refractivity contribution in [2.24, 2.45) is 0 Å². The molecule has 6 nitrogen and oxygen atoms in total. The van der Waals surface area contributed by atoms with Crippen molar-refractivity contribution in [1.29, 1.82) is 0 Å². The molecule has 0 aromatic rings. The fraction of sp³-hybridized carbons (Fsp3) is 0.895. The zero-order valence-corrected chi connectivity index (χ0v) is 42.3. The number of amides is 1. The molecule has 0 saturated heterocycles. The Kier molecular flexibility index (Phi) is 51.6. The summed E-state index contributed by atoms with van der Waals surface area (Å²) in [6.45, 7) is 4.88. The predicted molar refractivity (Wildman–Crippen MR) is 273 cm³/mol. The first-order chi connectivity index (χ1) is 31.0. The van der Waals surface area contributed by atoms with Gasteiger partial charge in [-0.3, -0.25) is 9.59 Å². The highest BCUT2D eigenvalue weighted by Crippen LogP contribution is 2.16. The van der Waals surface area contributed by atoms with Gasteiger partial charge >= 0.3 is 5.97 Å². The molecule has 2 atom stereocenters. The van der Waals surface area contributed by atoms with E-state index < -0.39 is 12.1 Å². The highest BCUT2D eigenvalue weighted by atomic mass is 16.5. The minimum atomic E-state index is -0.851. The first kappa shape index (κ1) is 61.3. The van der Waals surface area contributed by atoms with Crippen molar-refractivity contribution in [3.8, 4) is 0 Å². The Hall–Kier alpha value is -1.66. The summed E-state index contributed by atoms with van der Waals surface area (Å²) in [5.41, 5.74) is 0. The van der Waals surface area contributed by atoms with Crippen molar-refractivity contribution in [3.63, 3.8) is 0 Å². The lowest BCUT2D eigenvalue weighted by molar-refractivity contribution is -0.143. The number of aliphatic hydroxyl groups is 2. The van der Waals surface area contributed by atoms with Crippen molar-refractivity contribution < 1.29 is 24.5 Å². The van der Waals surface area contributed by atoms with Gasteiger partial charge in [-0.15, -0.1) is 0 Å². The molecule has 0 fully saturated rings. The van der Waals surface area contributed by atoms with E-state index in [4.69, 9.17) is 4.74 Å². The largest absolute Gasteiger partial charge is 0.466 e. The number of rotatable bonds is 52. The Bertz CT molecular complexity index is 982. The third kappa shape index (κ3) is 49.6. The summed E-state index contributed by atoms with van der Waals surface area (Å²) in [5, 5.41) is 23.1. The highest BCUT2D eigenvalue weighted by Gasteiger charge is 2.18. The molecule has 1 amide bonds. The Balaban J connectivity index is 3.45. The maximum atomic E-state index is 12.4. The van der Waals surface area contributed by atoms with Gasteiger partial charge in [0.25, 0.3) is 0 Å². The molecule has 3 N–H and O–H groups in total. The van der Waals surface area contributed by atoms with Gasteiger partial charge in [-0.1, -0.05) is 256 Å². The average Bonchev–Trinajstić information content (AvgIpc) is 3.28. The molecule has 0 saturated carbocycles. The molecular formula is C57H109NO5. The molecule has 372 valence electrons. The number of esters is 1. The zero-order valence-electron chi connectivity index (χ0n) is 42.3. The van der Waals surface area contributed by atoms with Crippen LogP contribution in [0.4, 0.5) is 0 Å². The predicted octanol–water partition coefficient (Wildman–Crippen LogP) is 17.1. The molecule has 0 aromatic heterocycles. The van der Waals surface area contributed by atoms with Gasteiger partial charge in [0.15, 0.2) is 0 Å². The van der Waals surface area contributed by atoms with Crippen LogP contribution in [0.1, 0.15) is 303 Å². The second-order valence-electron chi connectivity index (χ2n) is 19.3. The summed E-state index contributed by atoms with van der Waals surface area (Å²) in [7, 11) is 0. The van der Waals surface area contributed by atoms with Crippen LogP contribution in [0.2, 0.25) is 0 Å². The maximum Gasteiger partial charge on any atom is 0.305 e. The Morgan fingerprint density at radius 2 is 0.746 bits per heavy atom. The minimum Gasteiger partial charge on any atom is -0.466 e. The number of carbonyl (C=O) groups excluding carboxylic acids is 2. The number of hydrogen-bond donors (Lipinski definition) is 3. The molecule has 0 radical (unpaired) electrons. The molecule has 0 aliphatic carbocycles. The zero-order chi connectivity index (χ0) is 45.8. The van der Waals surface area contributed by atoms with Crippen LogP contribution in [0.25, 0.3) is 0 Å². The maximum absolute atomic E-state index is 12.4. The SMILES string of the molecule is CCCCCCCCC/C=C\CCCCCCCCCC(=O)OCCCCCCCCCCCCCCCCC(=O)NC(CO)C(O)/C=C/CCCCCCCCCCCCCC. The van der Waals surface area contributed by atoms with Crippen LogP contribution >= 0.6 is 0 Å². The van der Waals surface area contributed by atoms with E-state index in [1.807, 2.05) is 6.08 Å². The summed E-state index contributed by atoms with van der Waals surface area (Å²) >= 11 is 0. The number of allylic oxidation sites excluding steroid dienone is 3. The van der Waals surface area contributed by atoms with Crippen LogP contribution < -0.4 is 5.32 Å². The van der Waals surface area contributed by atoms with Crippen molar-refractivity contribution in [2.45, 2.75) is 315 Å². The van der Waals surface area contributed by atoms with Gasteiger partial charge in [0.2, 0.25) is 5.91 Å². The monoisotopic (exact) mass is 888 g/mol. The van der Waals surface area contributed by atoms with Gasteiger partial charge in [0, 0.05) is 12.8 Å². The Morgan fingerprint density at radius 1 is 0.429 bits per heavy atom. The van der Waals surface area contributed by atoms with E-state index in [2.05, 4.69) is 31.3 Å². The molecule has 0 rings (SSSR count). The molecule has 6 heteroatoms. The second kappa shape index (κ2) is 53.0. The van der Waals surface area contributed by atoms with Crippen LogP contribution in [0.3, 0.4) is 0 Å². The molecule has 0 aliphatic rings. The fourth-order valence-corrected chi connectivity index (χ4v) is 8.63. The van der Waals surface area contributed by atoms with Crippen molar-refractivity contribution in [1.82, 2.24) is 5.32 Å².